The van der Waals surface area contributed by atoms with Crippen LogP contribution in [-0.4, -0.2) is 8.63 Å². The van der Waals surface area contributed by atoms with E-state index in [9.17, 15) is 0 Å². The molecule has 0 spiro atoms. The van der Waals surface area contributed by atoms with Crippen LogP contribution in [-0.2, 0) is 5.41 Å². The van der Waals surface area contributed by atoms with Crippen LogP contribution in [0.4, 0.5) is 0 Å². The highest BCUT2D eigenvalue weighted by atomic mass is 35.6. The number of benzene rings is 2. The Balaban J connectivity index is 2.87. The number of hydrogen-bond acceptors (Lipinski definition) is 0. The van der Waals surface area contributed by atoms with Crippen molar-refractivity contribution in [1.82, 2.24) is 0 Å². The molecule has 0 saturated carbocycles. The van der Waals surface area contributed by atoms with Gasteiger partial charge in [-0.05, 0) is 61.1 Å². The zero-order valence-corrected chi connectivity index (χ0v) is 17.7. The van der Waals surface area contributed by atoms with E-state index in [0.717, 1.165) is 33.4 Å². The van der Waals surface area contributed by atoms with Gasteiger partial charge in [0.1, 0.15) is 4.84 Å². The van der Waals surface area contributed by atoms with Gasteiger partial charge in [0, 0.05) is 0 Å². The van der Waals surface area contributed by atoms with Crippen molar-refractivity contribution in [3.05, 3.63) is 69.8 Å². The minimum Gasteiger partial charge on any atom is -0.104 e. The van der Waals surface area contributed by atoms with E-state index < -0.39 is 14.0 Å². The lowest BCUT2D eigenvalue weighted by molar-refractivity contribution is 0.563. The first-order valence-corrected chi connectivity index (χ1v) is 9.52. The molecule has 0 saturated heterocycles. The fourth-order valence-electron chi connectivity index (χ4n) is 2.84. The molecule has 0 atom stereocenters. The van der Waals surface area contributed by atoms with E-state index in [1.807, 2.05) is 64.1 Å². The van der Waals surface area contributed by atoms with Crippen molar-refractivity contribution in [3.8, 4) is 0 Å². The molecule has 0 aliphatic heterocycles. The number of alkyl halides is 5. The fourth-order valence-corrected chi connectivity index (χ4v) is 4.99. The molecule has 0 nitrogen and oxygen atoms in total. The maximum absolute atomic E-state index is 6.47. The molecule has 0 amide bonds. The molecule has 0 unspecified atom stereocenters. The number of halogens is 5. The van der Waals surface area contributed by atoms with Crippen molar-refractivity contribution in [3.63, 3.8) is 0 Å². The minimum atomic E-state index is -1.73. The number of aryl methyl sites for hydroxylation is 4. The van der Waals surface area contributed by atoms with Gasteiger partial charge in [-0.1, -0.05) is 71.2 Å². The summed E-state index contributed by atoms with van der Waals surface area (Å²) in [5.74, 6) is 0. The summed E-state index contributed by atoms with van der Waals surface area (Å²) in [6, 6.07) is 11.8. The van der Waals surface area contributed by atoms with E-state index in [4.69, 9.17) is 58.0 Å². The van der Waals surface area contributed by atoms with E-state index in [2.05, 4.69) is 0 Å². The summed E-state index contributed by atoms with van der Waals surface area (Å²) < 4.78 is -1.73. The van der Waals surface area contributed by atoms with E-state index in [0.29, 0.717) is 0 Å². The highest BCUT2D eigenvalue weighted by molar-refractivity contribution is 6.69. The average molecular weight is 425 g/mol. The van der Waals surface area contributed by atoms with Gasteiger partial charge in [-0.3, -0.25) is 0 Å². The fraction of sp³-hybridized carbons (Fsp3) is 0.368. The molecule has 0 bridgehead atoms. The summed E-state index contributed by atoms with van der Waals surface area (Å²) in [5, 5.41) is 0. The zero-order chi connectivity index (χ0) is 18.3. The average Bonchev–Trinajstić information content (AvgIpc) is 2.45. The van der Waals surface area contributed by atoms with Gasteiger partial charge in [0.25, 0.3) is 0 Å². The maximum atomic E-state index is 6.47. The largest absolute Gasteiger partial charge is 0.206 e. The van der Waals surface area contributed by atoms with Gasteiger partial charge in [-0.2, -0.15) is 0 Å². The molecule has 0 N–H and O–H groups in total. The van der Waals surface area contributed by atoms with Crippen LogP contribution in [0, 0.1) is 27.7 Å². The Morgan fingerprint density at radius 1 is 0.667 bits per heavy atom. The van der Waals surface area contributed by atoms with Crippen molar-refractivity contribution < 1.29 is 0 Å². The van der Waals surface area contributed by atoms with Crippen LogP contribution < -0.4 is 0 Å². The Morgan fingerprint density at radius 3 is 1.29 bits per heavy atom. The van der Waals surface area contributed by atoms with Crippen molar-refractivity contribution in [1.29, 1.82) is 0 Å². The van der Waals surface area contributed by atoms with E-state index in [1.54, 1.807) is 0 Å². The summed E-state index contributed by atoms with van der Waals surface area (Å²) in [6.45, 7) is 8.09. The molecule has 0 fully saturated rings. The first-order valence-electron chi connectivity index (χ1n) is 7.52. The van der Waals surface area contributed by atoms with E-state index in [-0.39, 0.29) is 0 Å². The second kappa shape index (κ2) is 7.25. The summed E-state index contributed by atoms with van der Waals surface area (Å²) in [7, 11) is 0. The molecule has 0 aliphatic carbocycles. The van der Waals surface area contributed by atoms with Crippen LogP contribution in [0.15, 0.2) is 36.4 Å². The minimum absolute atomic E-state index is 0.781. The molecule has 2 rings (SSSR count). The predicted octanol–water partition coefficient (Wildman–Crippen LogP) is 7.38. The molecule has 2 aromatic rings. The van der Waals surface area contributed by atoms with Crippen molar-refractivity contribution in [2.75, 3.05) is 0 Å². The lowest BCUT2D eigenvalue weighted by atomic mass is 9.75. The van der Waals surface area contributed by atoms with Crippen LogP contribution in [0.1, 0.15) is 33.4 Å². The molecule has 0 heterocycles. The van der Waals surface area contributed by atoms with Crippen LogP contribution in [0.2, 0.25) is 0 Å². The van der Waals surface area contributed by atoms with Crippen molar-refractivity contribution >= 4 is 58.0 Å². The first-order chi connectivity index (χ1) is 11.0. The Kier molecular flexibility index (Phi) is 6.11. The van der Waals surface area contributed by atoms with E-state index in [1.165, 1.54) is 0 Å². The molecule has 0 radical (unpaired) electrons. The van der Waals surface area contributed by atoms with Gasteiger partial charge in [0.15, 0.2) is 0 Å². The monoisotopic (exact) mass is 422 g/mol. The smallest absolute Gasteiger partial charge is 0.104 e. The highest BCUT2D eigenvalue weighted by Gasteiger charge is 2.55. The molecule has 0 aromatic heterocycles. The maximum Gasteiger partial charge on any atom is 0.206 e. The third-order valence-corrected chi connectivity index (χ3v) is 6.25. The topological polar surface area (TPSA) is 0 Å². The Labute approximate surface area is 169 Å². The van der Waals surface area contributed by atoms with Gasteiger partial charge in [0.2, 0.25) is 3.79 Å². The Bertz CT molecular complexity index is 692. The first kappa shape index (κ1) is 20.2. The van der Waals surface area contributed by atoms with Crippen LogP contribution in [0.3, 0.4) is 0 Å². The summed E-state index contributed by atoms with van der Waals surface area (Å²) >= 11 is 32.3. The number of rotatable bonds is 3. The van der Waals surface area contributed by atoms with Crippen LogP contribution >= 0.6 is 58.0 Å². The second-order valence-corrected chi connectivity index (χ2v) is 9.58. The molecule has 130 valence electrons. The standard InChI is InChI=1S/C19H19Cl5/c1-11-5-7-15(9-13(11)3)18(17(20)21,19(22,23)24)16-8-6-12(2)14(4)10-16/h5-10,17H,1-4H3. The van der Waals surface area contributed by atoms with Gasteiger partial charge >= 0.3 is 0 Å². The third-order valence-electron chi connectivity index (χ3n) is 4.70. The zero-order valence-electron chi connectivity index (χ0n) is 13.9. The van der Waals surface area contributed by atoms with Crippen molar-refractivity contribution in [2.24, 2.45) is 0 Å². The molecule has 0 aliphatic rings. The van der Waals surface area contributed by atoms with Gasteiger partial charge in [0.05, 0.1) is 5.41 Å². The SMILES string of the molecule is Cc1ccc(C(c2ccc(C)c(C)c2)(C(Cl)Cl)C(Cl)(Cl)Cl)cc1C. The Hall–Kier alpha value is -0.110. The molecule has 2 aromatic carbocycles. The molecular weight excluding hydrogens is 405 g/mol. The summed E-state index contributed by atoms with van der Waals surface area (Å²) in [5.41, 5.74) is 4.86. The van der Waals surface area contributed by atoms with Crippen molar-refractivity contribution in [2.45, 2.75) is 41.7 Å². The van der Waals surface area contributed by atoms with Crippen LogP contribution in [0.5, 0.6) is 0 Å². The highest BCUT2D eigenvalue weighted by Crippen LogP contribution is 2.56. The van der Waals surface area contributed by atoms with Gasteiger partial charge in [-0.25, -0.2) is 0 Å². The Morgan fingerprint density at radius 2 is 1.04 bits per heavy atom. The summed E-state index contributed by atoms with van der Waals surface area (Å²) in [6.07, 6.45) is 0. The summed E-state index contributed by atoms with van der Waals surface area (Å²) in [4.78, 5) is -0.950. The van der Waals surface area contributed by atoms with E-state index >= 15 is 0 Å². The quantitative estimate of drug-likeness (QED) is 0.451. The molecular formula is C19H19Cl5. The predicted molar refractivity (Wildman–Crippen MR) is 108 cm³/mol. The van der Waals surface area contributed by atoms with Gasteiger partial charge < -0.3 is 0 Å². The van der Waals surface area contributed by atoms with Gasteiger partial charge in [-0.15, -0.1) is 23.2 Å². The number of hydrogen-bond donors (Lipinski definition) is 0. The normalized spacial score (nSPS) is 12.8. The third kappa shape index (κ3) is 3.41. The lowest BCUT2D eigenvalue weighted by Crippen LogP contribution is -2.47. The second-order valence-electron chi connectivity index (χ2n) is 6.20. The molecule has 5 heteroatoms. The van der Waals surface area contributed by atoms with Crippen LogP contribution in [0.25, 0.3) is 0 Å². The lowest BCUT2D eigenvalue weighted by Gasteiger charge is -2.42. The molecule has 24 heavy (non-hydrogen) atoms.